The van der Waals surface area contributed by atoms with Crippen LogP contribution in [0.1, 0.15) is 21.7 Å². The number of nitrogens with zero attached hydrogens (tertiary/aromatic N) is 2. The lowest BCUT2D eigenvalue weighted by Gasteiger charge is -2.09. The highest BCUT2D eigenvalue weighted by Crippen LogP contribution is 2.17. The van der Waals surface area contributed by atoms with E-state index in [1.807, 2.05) is 0 Å². The van der Waals surface area contributed by atoms with Gasteiger partial charge in [-0.1, -0.05) is 0 Å². The molecule has 0 bridgehead atoms. The number of aromatic nitrogens is 2. The average molecular weight is 335 g/mol. The summed E-state index contributed by atoms with van der Waals surface area (Å²) in [5, 5.41) is 4.14. The molecule has 0 fully saturated rings. The van der Waals surface area contributed by atoms with Gasteiger partial charge in [0.05, 0.1) is 11.3 Å². The molecule has 5 nitrogen and oxygen atoms in total. The van der Waals surface area contributed by atoms with Crippen molar-refractivity contribution < 1.29 is 13.6 Å². The quantitative estimate of drug-likeness (QED) is 0.783. The number of rotatable bonds is 2. The molecule has 0 radical (unpaired) electrons. The maximum absolute atomic E-state index is 13.7. The molecule has 0 saturated heterocycles. The van der Waals surface area contributed by atoms with Gasteiger partial charge in [0.1, 0.15) is 17.3 Å². The van der Waals surface area contributed by atoms with E-state index in [9.17, 15) is 18.4 Å². The zero-order valence-electron chi connectivity index (χ0n) is 12.2. The summed E-state index contributed by atoms with van der Waals surface area (Å²) in [6, 6.07) is 2.61. The van der Waals surface area contributed by atoms with E-state index in [4.69, 9.17) is 0 Å². The second-order valence-electron chi connectivity index (χ2n) is 4.95. The van der Waals surface area contributed by atoms with Crippen molar-refractivity contribution >= 4 is 27.9 Å². The molecule has 3 rings (SSSR count). The number of carbonyl (C=O) groups is 1. The van der Waals surface area contributed by atoms with Gasteiger partial charge in [0, 0.05) is 17.1 Å². The highest BCUT2D eigenvalue weighted by molar-refractivity contribution is 7.15. The molecule has 1 aromatic carbocycles. The first-order valence-corrected chi connectivity index (χ1v) is 7.50. The SMILES string of the molecule is Cc1nc2scc(C)n2c(=O)c1NC(=O)c1ccc(F)cc1F. The summed E-state index contributed by atoms with van der Waals surface area (Å²) in [4.78, 5) is 29.4. The molecule has 1 amide bonds. The second-order valence-corrected chi connectivity index (χ2v) is 5.79. The van der Waals surface area contributed by atoms with E-state index in [2.05, 4.69) is 10.3 Å². The maximum atomic E-state index is 13.7. The third-order valence-corrected chi connectivity index (χ3v) is 4.28. The molecular formula is C15H11F2N3O2S. The van der Waals surface area contributed by atoms with Gasteiger partial charge in [-0.15, -0.1) is 11.3 Å². The largest absolute Gasteiger partial charge is 0.316 e. The molecule has 0 spiro atoms. The molecule has 3 aromatic rings. The van der Waals surface area contributed by atoms with Crippen molar-refractivity contribution in [1.29, 1.82) is 0 Å². The van der Waals surface area contributed by atoms with E-state index in [0.29, 0.717) is 22.4 Å². The van der Waals surface area contributed by atoms with Gasteiger partial charge in [0.15, 0.2) is 4.96 Å². The molecule has 23 heavy (non-hydrogen) atoms. The van der Waals surface area contributed by atoms with E-state index in [-0.39, 0.29) is 11.3 Å². The number of hydrogen-bond acceptors (Lipinski definition) is 4. The summed E-state index contributed by atoms with van der Waals surface area (Å²) < 4.78 is 28.0. The van der Waals surface area contributed by atoms with Crippen molar-refractivity contribution in [3.63, 3.8) is 0 Å². The Bertz CT molecular complexity index is 994. The minimum atomic E-state index is -0.999. The number of anilines is 1. The standard InChI is InChI=1S/C15H11F2N3O2S/c1-7-6-23-15-18-8(2)12(14(22)20(7)15)19-13(21)10-4-3-9(16)5-11(10)17/h3-6H,1-2H3,(H,19,21). The predicted octanol–water partition coefficient (Wildman–Crippen LogP) is 2.90. The molecule has 2 aromatic heterocycles. The van der Waals surface area contributed by atoms with Gasteiger partial charge in [-0.05, 0) is 26.0 Å². The van der Waals surface area contributed by atoms with Crippen LogP contribution < -0.4 is 10.9 Å². The number of carbonyl (C=O) groups excluding carboxylic acids is 1. The van der Waals surface area contributed by atoms with Gasteiger partial charge in [-0.25, -0.2) is 13.8 Å². The van der Waals surface area contributed by atoms with Crippen LogP contribution in [0.4, 0.5) is 14.5 Å². The summed E-state index contributed by atoms with van der Waals surface area (Å²) in [6.45, 7) is 3.32. The minimum absolute atomic E-state index is 0.0299. The van der Waals surface area contributed by atoms with Gasteiger partial charge >= 0.3 is 0 Å². The summed E-state index contributed by atoms with van der Waals surface area (Å²) in [5.74, 6) is -2.62. The highest BCUT2D eigenvalue weighted by Gasteiger charge is 2.18. The number of halogens is 2. The first-order valence-electron chi connectivity index (χ1n) is 6.62. The first kappa shape index (κ1) is 15.3. The van der Waals surface area contributed by atoms with Gasteiger partial charge < -0.3 is 5.32 Å². The number of nitrogens with one attached hydrogen (secondary N) is 1. The summed E-state index contributed by atoms with van der Waals surface area (Å²) >= 11 is 1.31. The molecule has 0 aliphatic carbocycles. The van der Waals surface area contributed by atoms with Crippen LogP contribution in [0.25, 0.3) is 4.96 Å². The zero-order valence-corrected chi connectivity index (χ0v) is 13.0. The highest BCUT2D eigenvalue weighted by atomic mass is 32.1. The van der Waals surface area contributed by atoms with Crippen molar-refractivity contribution in [2.45, 2.75) is 13.8 Å². The topological polar surface area (TPSA) is 63.5 Å². The molecule has 0 saturated carbocycles. The lowest BCUT2D eigenvalue weighted by molar-refractivity contribution is 0.102. The molecule has 0 aliphatic heterocycles. The van der Waals surface area contributed by atoms with E-state index >= 15 is 0 Å². The molecule has 0 unspecified atom stereocenters. The summed E-state index contributed by atoms with van der Waals surface area (Å²) in [6.07, 6.45) is 0. The van der Waals surface area contributed by atoms with Gasteiger partial charge in [-0.3, -0.25) is 14.0 Å². The van der Waals surface area contributed by atoms with Crippen LogP contribution >= 0.6 is 11.3 Å². The van der Waals surface area contributed by atoms with Gasteiger partial charge in [0.25, 0.3) is 11.5 Å². The minimum Gasteiger partial charge on any atom is -0.316 e. The van der Waals surface area contributed by atoms with Crippen LogP contribution in [-0.2, 0) is 0 Å². The fourth-order valence-electron chi connectivity index (χ4n) is 2.18. The maximum Gasteiger partial charge on any atom is 0.282 e. The monoisotopic (exact) mass is 335 g/mol. The van der Waals surface area contributed by atoms with Gasteiger partial charge in [0.2, 0.25) is 0 Å². The Balaban J connectivity index is 2.06. The van der Waals surface area contributed by atoms with Crippen LogP contribution in [0.15, 0.2) is 28.4 Å². The van der Waals surface area contributed by atoms with Crippen molar-refractivity contribution in [1.82, 2.24) is 9.38 Å². The summed E-state index contributed by atoms with van der Waals surface area (Å²) in [5.41, 5.74) is 0.191. The van der Waals surface area contributed by atoms with Crippen LogP contribution in [-0.4, -0.2) is 15.3 Å². The van der Waals surface area contributed by atoms with E-state index in [0.717, 1.165) is 12.1 Å². The number of aryl methyl sites for hydroxylation is 2. The fourth-order valence-corrected chi connectivity index (χ4v) is 3.09. The van der Waals surface area contributed by atoms with E-state index < -0.39 is 23.1 Å². The predicted molar refractivity (Wildman–Crippen MR) is 83.1 cm³/mol. The van der Waals surface area contributed by atoms with Gasteiger partial charge in [-0.2, -0.15) is 0 Å². The van der Waals surface area contributed by atoms with Crippen molar-refractivity contribution in [3.8, 4) is 0 Å². The number of fused-ring (bicyclic) bond motifs is 1. The van der Waals surface area contributed by atoms with Crippen molar-refractivity contribution in [3.05, 3.63) is 62.5 Å². The van der Waals surface area contributed by atoms with E-state index in [1.165, 1.54) is 15.7 Å². The number of thiazole rings is 1. The molecule has 0 aliphatic rings. The molecule has 2 heterocycles. The van der Waals surface area contributed by atoms with Crippen LogP contribution in [0.2, 0.25) is 0 Å². The number of amides is 1. The normalized spacial score (nSPS) is 11.0. The third kappa shape index (κ3) is 2.61. The Morgan fingerprint density at radius 2 is 2.04 bits per heavy atom. The Morgan fingerprint density at radius 1 is 1.30 bits per heavy atom. The number of benzene rings is 1. The fraction of sp³-hybridized carbons (Fsp3) is 0.133. The Kier molecular flexibility index (Phi) is 3.69. The molecular weight excluding hydrogens is 324 g/mol. The molecule has 118 valence electrons. The molecule has 0 atom stereocenters. The lowest BCUT2D eigenvalue weighted by Crippen LogP contribution is -2.25. The molecule has 1 N–H and O–H groups in total. The third-order valence-electron chi connectivity index (χ3n) is 3.34. The Labute approximate surface area is 133 Å². The van der Waals surface area contributed by atoms with Crippen molar-refractivity contribution in [2.24, 2.45) is 0 Å². The first-order chi connectivity index (χ1) is 10.9. The van der Waals surface area contributed by atoms with Crippen molar-refractivity contribution in [2.75, 3.05) is 5.32 Å². The summed E-state index contributed by atoms with van der Waals surface area (Å²) in [7, 11) is 0. The van der Waals surface area contributed by atoms with Crippen LogP contribution in [0.5, 0.6) is 0 Å². The second kappa shape index (κ2) is 5.54. The van der Waals surface area contributed by atoms with E-state index in [1.54, 1.807) is 19.2 Å². The zero-order chi connectivity index (χ0) is 16.7. The Hall–Kier alpha value is -2.61. The van der Waals surface area contributed by atoms with Crippen LogP contribution in [0, 0.1) is 25.5 Å². The smallest absolute Gasteiger partial charge is 0.282 e. The molecule has 8 heteroatoms. The lowest BCUT2D eigenvalue weighted by atomic mass is 10.2. The van der Waals surface area contributed by atoms with Crippen LogP contribution in [0.3, 0.4) is 0 Å². The Morgan fingerprint density at radius 3 is 2.74 bits per heavy atom. The number of hydrogen-bond donors (Lipinski definition) is 1. The average Bonchev–Trinajstić information content (AvgIpc) is 2.84.